The third-order valence-electron chi connectivity index (χ3n) is 3.13. The Labute approximate surface area is 119 Å². The van der Waals surface area contributed by atoms with Gasteiger partial charge in [0.25, 0.3) is 0 Å². The Morgan fingerprint density at radius 1 is 1.21 bits per heavy atom. The first-order valence-electron chi connectivity index (χ1n) is 7.16. The second kappa shape index (κ2) is 6.89. The lowest BCUT2D eigenvalue weighted by atomic mass is 10.3. The van der Waals surface area contributed by atoms with Crippen LogP contribution in [0, 0.1) is 0 Å². The van der Waals surface area contributed by atoms with Crippen LogP contribution >= 0.6 is 11.6 Å². The lowest BCUT2D eigenvalue weighted by Crippen LogP contribution is -2.29. The molecule has 1 fully saturated rings. The van der Waals surface area contributed by atoms with Gasteiger partial charge in [-0.25, -0.2) is 0 Å². The molecule has 1 aliphatic carbocycles. The van der Waals surface area contributed by atoms with Crippen LogP contribution in [0.15, 0.2) is 0 Å². The average Bonchev–Trinajstić information content (AvgIpc) is 3.21. The van der Waals surface area contributed by atoms with E-state index >= 15 is 0 Å². The van der Waals surface area contributed by atoms with E-state index in [9.17, 15) is 0 Å². The SMILES string of the molecule is CCCCN(c1nc(Cl)nc(NCCC)n1)C1CC1. The highest BCUT2D eigenvalue weighted by atomic mass is 35.5. The van der Waals surface area contributed by atoms with Gasteiger partial charge in [0, 0.05) is 19.1 Å². The molecule has 6 heteroatoms. The van der Waals surface area contributed by atoms with Crippen LogP contribution in [0.3, 0.4) is 0 Å². The highest BCUT2D eigenvalue weighted by molar-refractivity contribution is 6.28. The summed E-state index contributed by atoms with van der Waals surface area (Å²) < 4.78 is 0. The number of aromatic nitrogens is 3. The van der Waals surface area contributed by atoms with E-state index in [1.165, 1.54) is 19.3 Å². The number of hydrogen-bond acceptors (Lipinski definition) is 5. The molecule has 0 saturated heterocycles. The topological polar surface area (TPSA) is 53.9 Å². The van der Waals surface area contributed by atoms with Crippen molar-refractivity contribution in [1.82, 2.24) is 15.0 Å². The summed E-state index contributed by atoms with van der Waals surface area (Å²) in [4.78, 5) is 15.2. The van der Waals surface area contributed by atoms with E-state index in [1.807, 2.05) is 0 Å². The molecule has 2 rings (SSSR count). The molecule has 0 aromatic carbocycles. The molecule has 106 valence electrons. The zero-order chi connectivity index (χ0) is 13.7. The standard InChI is InChI=1S/C13H22ClN5/c1-3-5-9-19(10-6-7-10)13-17-11(14)16-12(18-13)15-8-4-2/h10H,3-9H2,1-2H3,(H,15,16,17,18). The van der Waals surface area contributed by atoms with Gasteiger partial charge < -0.3 is 10.2 Å². The van der Waals surface area contributed by atoms with Gasteiger partial charge in [0.2, 0.25) is 17.2 Å². The van der Waals surface area contributed by atoms with Crippen LogP contribution in [0.2, 0.25) is 5.28 Å². The first kappa shape index (κ1) is 14.3. The fourth-order valence-electron chi connectivity index (χ4n) is 1.94. The fourth-order valence-corrected chi connectivity index (χ4v) is 2.10. The Morgan fingerprint density at radius 2 is 2.00 bits per heavy atom. The largest absolute Gasteiger partial charge is 0.354 e. The average molecular weight is 284 g/mol. The molecule has 0 atom stereocenters. The quantitative estimate of drug-likeness (QED) is 0.794. The summed E-state index contributed by atoms with van der Waals surface area (Å²) in [5, 5.41) is 3.44. The molecule has 1 aromatic heterocycles. The van der Waals surface area contributed by atoms with Crippen molar-refractivity contribution in [2.24, 2.45) is 0 Å². The van der Waals surface area contributed by atoms with Crippen LogP contribution in [0.1, 0.15) is 46.0 Å². The third-order valence-corrected chi connectivity index (χ3v) is 3.30. The first-order chi connectivity index (χ1) is 9.24. The maximum atomic E-state index is 6.00. The minimum absolute atomic E-state index is 0.269. The van der Waals surface area contributed by atoms with Crippen molar-refractivity contribution < 1.29 is 0 Å². The lowest BCUT2D eigenvalue weighted by molar-refractivity contribution is 0.692. The second-order valence-corrected chi connectivity index (χ2v) is 5.27. The summed E-state index contributed by atoms with van der Waals surface area (Å²) in [7, 11) is 0. The highest BCUT2D eigenvalue weighted by Crippen LogP contribution is 2.30. The fraction of sp³-hybridized carbons (Fsp3) is 0.769. The molecule has 0 unspecified atom stereocenters. The molecule has 0 radical (unpaired) electrons. The Bertz CT molecular complexity index is 408. The van der Waals surface area contributed by atoms with Crippen molar-refractivity contribution in [2.45, 2.75) is 52.0 Å². The van der Waals surface area contributed by atoms with E-state index in [0.717, 1.165) is 31.9 Å². The van der Waals surface area contributed by atoms with E-state index < -0.39 is 0 Å². The van der Waals surface area contributed by atoms with E-state index in [-0.39, 0.29) is 5.28 Å². The third kappa shape index (κ3) is 4.20. The summed E-state index contributed by atoms with van der Waals surface area (Å²) in [5.74, 6) is 1.30. The van der Waals surface area contributed by atoms with Crippen molar-refractivity contribution in [3.05, 3.63) is 5.28 Å². The minimum Gasteiger partial charge on any atom is -0.354 e. The van der Waals surface area contributed by atoms with Gasteiger partial charge in [0.15, 0.2) is 0 Å². The zero-order valence-electron chi connectivity index (χ0n) is 11.7. The first-order valence-corrected chi connectivity index (χ1v) is 7.54. The van der Waals surface area contributed by atoms with Gasteiger partial charge in [-0.15, -0.1) is 0 Å². The molecule has 1 heterocycles. The molecule has 1 aliphatic rings. The molecule has 1 saturated carbocycles. The molecule has 0 spiro atoms. The Kier molecular flexibility index (Phi) is 5.19. The summed E-state index contributed by atoms with van der Waals surface area (Å²) in [6.45, 7) is 6.14. The number of nitrogens with one attached hydrogen (secondary N) is 1. The predicted molar refractivity (Wildman–Crippen MR) is 78.9 cm³/mol. The van der Waals surface area contributed by atoms with Gasteiger partial charge in [0.1, 0.15) is 0 Å². The minimum atomic E-state index is 0.269. The Morgan fingerprint density at radius 3 is 2.63 bits per heavy atom. The molecule has 1 N–H and O–H groups in total. The Balaban J connectivity index is 2.13. The number of hydrogen-bond donors (Lipinski definition) is 1. The van der Waals surface area contributed by atoms with Gasteiger partial charge in [-0.1, -0.05) is 20.3 Å². The summed E-state index contributed by atoms with van der Waals surface area (Å²) in [6, 6.07) is 0.587. The zero-order valence-corrected chi connectivity index (χ0v) is 12.4. The van der Waals surface area contributed by atoms with Gasteiger partial charge in [0.05, 0.1) is 0 Å². The highest BCUT2D eigenvalue weighted by Gasteiger charge is 2.30. The van der Waals surface area contributed by atoms with Gasteiger partial charge in [-0.3, -0.25) is 0 Å². The van der Waals surface area contributed by atoms with E-state index in [0.29, 0.717) is 12.0 Å². The van der Waals surface area contributed by atoms with E-state index in [1.54, 1.807) is 0 Å². The van der Waals surface area contributed by atoms with Crippen molar-refractivity contribution in [2.75, 3.05) is 23.3 Å². The molecule has 1 aromatic rings. The molecular weight excluding hydrogens is 262 g/mol. The predicted octanol–water partition coefficient (Wildman–Crippen LogP) is 3.12. The molecule has 19 heavy (non-hydrogen) atoms. The normalized spacial score (nSPS) is 14.5. The molecule has 0 amide bonds. The van der Waals surface area contributed by atoms with Crippen LogP contribution in [0.4, 0.5) is 11.9 Å². The van der Waals surface area contributed by atoms with E-state index in [4.69, 9.17) is 11.6 Å². The number of anilines is 2. The van der Waals surface area contributed by atoms with Gasteiger partial charge >= 0.3 is 0 Å². The van der Waals surface area contributed by atoms with Crippen LogP contribution < -0.4 is 10.2 Å². The van der Waals surface area contributed by atoms with Crippen LogP contribution in [-0.4, -0.2) is 34.1 Å². The van der Waals surface area contributed by atoms with Gasteiger partial charge in [-0.2, -0.15) is 15.0 Å². The van der Waals surface area contributed by atoms with Crippen molar-refractivity contribution in [3.8, 4) is 0 Å². The second-order valence-electron chi connectivity index (χ2n) is 4.93. The molecule has 0 bridgehead atoms. The van der Waals surface area contributed by atoms with Crippen LogP contribution in [0.5, 0.6) is 0 Å². The summed E-state index contributed by atoms with van der Waals surface area (Å²) in [6.07, 6.45) is 5.80. The lowest BCUT2D eigenvalue weighted by Gasteiger charge is -2.22. The smallest absolute Gasteiger partial charge is 0.231 e. The number of halogens is 1. The molecular formula is C13H22ClN5. The van der Waals surface area contributed by atoms with Crippen LogP contribution in [0.25, 0.3) is 0 Å². The number of unbranched alkanes of at least 4 members (excludes halogenated alkanes) is 1. The van der Waals surface area contributed by atoms with Crippen LogP contribution in [-0.2, 0) is 0 Å². The van der Waals surface area contributed by atoms with E-state index in [2.05, 4.69) is 39.0 Å². The number of nitrogens with zero attached hydrogens (tertiary/aromatic N) is 4. The molecule has 0 aliphatic heterocycles. The van der Waals surface area contributed by atoms with Gasteiger partial charge in [-0.05, 0) is 37.3 Å². The van der Waals surface area contributed by atoms with Crippen molar-refractivity contribution >= 4 is 23.5 Å². The number of rotatable bonds is 8. The maximum Gasteiger partial charge on any atom is 0.231 e. The maximum absolute atomic E-state index is 6.00. The van der Waals surface area contributed by atoms with Crippen molar-refractivity contribution in [1.29, 1.82) is 0 Å². The summed E-state index contributed by atoms with van der Waals surface area (Å²) >= 11 is 6.00. The van der Waals surface area contributed by atoms with Crippen molar-refractivity contribution in [3.63, 3.8) is 0 Å². The monoisotopic (exact) mass is 283 g/mol. The molecule has 5 nitrogen and oxygen atoms in total. The summed E-state index contributed by atoms with van der Waals surface area (Å²) in [5.41, 5.74) is 0. The Hall–Kier alpha value is -1.10.